The zero-order valence-electron chi connectivity index (χ0n) is 11.7. The normalized spacial score (nSPS) is 28.2. The molecule has 0 aliphatic heterocycles. The van der Waals surface area contributed by atoms with Gasteiger partial charge in [-0.05, 0) is 32.3 Å². The maximum absolute atomic E-state index is 12.2. The molecule has 0 saturated heterocycles. The summed E-state index contributed by atoms with van der Waals surface area (Å²) in [5.74, 6) is 1.12. The second-order valence-electron chi connectivity index (χ2n) is 6.28. The van der Waals surface area contributed by atoms with Crippen LogP contribution in [0.1, 0.15) is 56.9 Å². The Kier molecular flexibility index (Phi) is 3.14. The summed E-state index contributed by atoms with van der Waals surface area (Å²) in [6, 6.07) is 0. The predicted molar refractivity (Wildman–Crippen MR) is 69.4 cm³/mol. The number of ketones is 1. The molecule has 2 rings (SSSR count). The first-order valence-corrected chi connectivity index (χ1v) is 6.57. The number of Topliss-reactive ketones (excluding diaryl/α,β-unsaturated/α-hetero) is 1. The highest BCUT2D eigenvalue weighted by molar-refractivity contribution is 5.84. The number of aryl methyl sites for hydroxylation is 1. The van der Waals surface area contributed by atoms with E-state index >= 15 is 0 Å². The molecule has 18 heavy (non-hydrogen) atoms. The molecule has 1 aromatic heterocycles. The van der Waals surface area contributed by atoms with Crippen molar-refractivity contribution in [2.45, 2.75) is 59.0 Å². The maximum atomic E-state index is 12.2. The van der Waals surface area contributed by atoms with Gasteiger partial charge in [0.25, 0.3) is 0 Å². The predicted octanol–water partition coefficient (Wildman–Crippen LogP) is 3.12. The highest BCUT2D eigenvalue weighted by atomic mass is 16.3. The van der Waals surface area contributed by atoms with Crippen molar-refractivity contribution in [2.24, 2.45) is 5.41 Å². The number of fused-ring (bicyclic) bond motifs is 2. The molecule has 1 atom stereocenters. The standard InChI is InChI=1S/C15H22O3/c1-10-11-9-18-12(10)5-7-14(2,3)13(16)6-8-15(11,4)17/h9,17H,5-8H2,1-4H3/t15-/m1/s1. The number of hydrogen-bond acceptors (Lipinski definition) is 3. The van der Waals surface area contributed by atoms with E-state index in [1.807, 2.05) is 20.8 Å². The summed E-state index contributed by atoms with van der Waals surface area (Å²) in [5, 5.41) is 10.5. The monoisotopic (exact) mass is 250 g/mol. The highest BCUT2D eigenvalue weighted by Gasteiger charge is 2.34. The molecular weight excluding hydrogens is 228 g/mol. The summed E-state index contributed by atoms with van der Waals surface area (Å²) >= 11 is 0. The molecule has 1 aromatic rings. The van der Waals surface area contributed by atoms with Crippen molar-refractivity contribution in [1.29, 1.82) is 0 Å². The molecule has 0 unspecified atom stereocenters. The topological polar surface area (TPSA) is 50.4 Å². The number of carbonyl (C=O) groups is 1. The van der Waals surface area contributed by atoms with Crippen LogP contribution in [0.15, 0.2) is 10.7 Å². The Labute approximate surface area is 108 Å². The lowest BCUT2D eigenvalue weighted by Crippen LogP contribution is -2.30. The third kappa shape index (κ3) is 2.24. The Morgan fingerprint density at radius 3 is 2.56 bits per heavy atom. The van der Waals surface area contributed by atoms with Gasteiger partial charge in [0.1, 0.15) is 11.5 Å². The van der Waals surface area contributed by atoms with Crippen molar-refractivity contribution < 1.29 is 14.3 Å². The average molecular weight is 250 g/mol. The van der Waals surface area contributed by atoms with Crippen LogP contribution < -0.4 is 0 Å². The highest BCUT2D eigenvalue weighted by Crippen LogP contribution is 2.36. The first-order chi connectivity index (χ1) is 8.24. The van der Waals surface area contributed by atoms with E-state index in [0.717, 1.165) is 29.7 Å². The maximum Gasteiger partial charge on any atom is 0.138 e. The van der Waals surface area contributed by atoms with Crippen molar-refractivity contribution in [3.8, 4) is 0 Å². The molecule has 0 fully saturated rings. The Balaban J connectivity index is 2.42. The third-order valence-electron chi connectivity index (χ3n) is 4.29. The lowest BCUT2D eigenvalue weighted by atomic mass is 9.77. The van der Waals surface area contributed by atoms with Crippen molar-refractivity contribution in [3.05, 3.63) is 23.2 Å². The lowest BCUT2D eigenvalue weighted by Gasteiger charge is -2.28. The average Bonchev–Trinajstić information content (AvgIpc) is 2.64. The molecule has 100 valence electrons. The van der Waals surface area contributed by atoms with Crippen LogP contribution in [0.3, 0.4) is 0 Å². The van der Waals surface area contributed by atoms with Crippen molar-refractivity contribution in [3.63, 3.8) is 0 Å². The van der Waals surface area contributed by atoms with Crippen molar-refractivity contribution in [1.82, 2.24) is 0 Å². The minimum Gasteiger partial charge on any atom is -0.469 e. The van der Waals surface area contributed by atoms with Gasteiger partial charge in [-0.25, -0.2) is 0 Å². The Morgan fingerprint density at radius 1 is 1.22 bits per heavy atom. The zero-order chi connectivity index (χ0) is 13.6. The summed E-state index contributed by atoms with van der Waals surface area (Å²) in [6.07, 6.45) is 4.06. The van der Waals surface area contributed by atoms with Gasteiger partial charge in [0, 0.05) is 23.8 Å². The quantitative estimate of drug-likeness (QED) is 0.769. The largest absolute Gasteiger partial charge is 0.469 e. The van der Waals surface area contributed by atoms with Gasteiger partial charge in [0.15, 0.2) is 0 Å². The van der Waals surface area contributed by atoms with Crippen molar-refractivity contribution >= 4 is 5.78 Å². The number of rotatable bonds is 0. The van der Waals surface area contributed by atoms with E-state index in [9.17, 15) is 9.90 Å². The molecule has 2 bridgehead atoms. The van der Waals surface area contributed by atoms with E-state index < -0.39 is 5.60 Å². The van der Waals surface area contributed by atoms with E-state index in [1.54, 1.807) is 13.2 Å². The van der Waals surface area contributed by atoms with Crippen LogP contribution in [-0.2, 0) is 16.8 Å². The van der Waals surface area contributed by atoms with Crippen LogP contribution in [0.2, 0.25) is 0 Å². The smallest absolute Gasteiger partial charge is 0.138 e. The van der Waals surface area contributed by atoms with Gasteiger partial charge in [0.05, 0.1) is 11.9 Å². The number of furan rings is 1. The van der Waals surface area contributed by atoms with E-state index in [1.165, 1.54) is 0 Å². The molecule has 1 aliphatic rings. The molecular formula is C15H22O3. The Bertz CT molecular complexity index is 466. The van der Waals surface area contributed by atoms with Crippen LogP contribution in [0.25, 0.3) is 0 Å². The summed E-state index contributed by atoms with van der Waals surface area (Å²) < 4.78 is 5.57. The fraction of sp³-hybridized carbons (Fsp3) is 0.667. The lowest BCUT2D eigenvalue weighted by molar-refractivity contribution is -0.128. The van der Waals surface area contributed by atoms with Crippen LogP contribution in [0.4, 0.5) is 0 Å². The zero-order valence-corrected chi connectivity index (χ0v) is 11.7. The Hall–Kier alpha value is -1.09. The minimum atomic E-state index is -0.977. The second kappa shape index (κ2) is 4.23. The third-order valence-corrected chi connectivity index (χ3v) is 4.29. The molecule has 0 aromatic carbocycles. The first kappa shape index (κ1) is 13.3. The van der Waals surface area contributed by atoms with Gasteiger partial charge in [-0.15, -0.1) is 0 Å². The molecule has 0 saturated carbocycles. The fourth-order valence-electron chi connectivity index (χ4n) is 2.63. The van der Waals surface area contributed by atoms with Crippen molar-refractivity contribution in [2.75, 3.05) is 0 Å². The van der Waals surface area contributed by atoms with Gasteiger partial charge in [0.2, 0.25) is 0 Å². The van der Waals surface area contributed by atoms with E-state index in [0.29, 0.717) is 12.8 Å². The summed E-state index contributed by atoms with van der Waals surface area (Å²) in [6.45, 7) is 7.70. The summed E-state index contributed by atoms with van der Waals surface area (Å²) in [7, 11) is 0. The SMILES string of the molecule is Cc1c2coc1CCC(C)(C)C(=O)CC[C@@]2(C)O. The minimum absolute atomic E-state index is 0.225. The second-order valence-corrected chi connectivity index (χ2v) is 6.28. The molecule has 3 heteroatoms. The van der Waals surface area contributed by atoms with E-state index in [2.05, 4.69) is 0 Å². The van der Waals surface area contributed by atoms with Crippen LogP contribution in [-0.4, -0.2) is 10.9 Å². The van der Waals surface area contributed by atoms with Crippen LogP contribution >= 0.6 is 0 Å². The van der Waals surface area contributed by atoms with E-state index in [-0.39, 0.29) is 11.2 Å². The molecule has 1 heterocycles. The number of carbonyl (C=O) groups excluding carboxylic acids is 1. The summed E-state index contributed by atoms with van der Waals surface area (Å²) in [4.78, 5) is 12.2. The molecule has 0 radical (unpaired) electrons. The van der Waals surface area contributed by atoms with Crippen LogP contribution in [0.5, 0.6) is 0 Å². The molecule has 3 nitrogen and oxygen atoms in total. The van der Waals surface area contributed by atoms with Gasteiger partial charge in [-0.2, -0.15) is 0 Å². The van der Waals surface area contributed by atoms with Gasteiger partial charge >= 0.3 is 0 Å². The molecule has 0 spiro atoms. The van der Waals surface area contributed by atoms with E-state index in [4.69, 9.17) is 4.42 Å². The number of aliphatic hydroxyl groups is 1. The Morgan fingerprint density at radius 2 is 1.89 bits per heavy atom. The van der Waals surface area contributed by atoms with Gasteiger partial charge in [-0.1, -0.05) is 13.8 Å². The molecule has 1 N–H and O–H groups in total. The van der Waals surface area contributed by atoms with Crippen LogP contribution in [0, 0.1) is 12.3 Å². The number of hydrogen-bond donors (Lipinski definition) is 1. The molecule has 0 amide bonds. The first-order valence-electron chi connectivity index (χ1n) is 6.57. The molecule has 1 aliphatic carbocycles. The summed E-state index contributed by atoms with van der Waals surface area (Å²) in [5.41, 5.74) is 0.539. The van der Waals surface area contributed by atoms with Gasteiger partial charge < -0.3 is 9.52 Å². The fourth-order valence-corrected chi connectivity index (χ4v) is 2.63. The van der Waals surface area contributed by atoms with Gasteiger partial charge in [-0.3, -0.25) is 4.79 Å².